The second-order valence-electron chi connectivity index (χ2n) is 7.92. The first kappa shape index (κ1) is 28.6. The van der Waals surface area contributed by atoms with E-state index in [0.29, 0.717) is 0 Å². The molecule has 0 aromatic heterocycles. The summed E-state index contributed by atoms with van der Waals surface area (Å²) in [7, 11) is -21.7. The molecule has 0 saturated carbocycles. The minimum Gasteiger partial charge on any atom is -0.282 e. The van der Waals surface area contributed by atoms with Crippen molar-refractivity contribution < 1.29 is 46.4 Å². The van der Waals surface area contributed by atoms with Crippen LogP contribution in [0.4, 0.5) is 0 Å². The summed E-state index contributed by atoms with van der Waals surface area (Å²) in [6.07, 6.45) is 0. The standard InChI is InChI=1S/C24H18O11S4/c25-36(26,27)21-15-7-13-19(17-9-3-1-4-10-17)23(21)38(31,32)35-39(33,34)24-20(18-11-5-2-6-12-18)14-8-16-22(24)37(28,29)30/h1-16H,(H,25,26,27)(H,28,29,30). The fraction of sp³-hybridized carbons (Fsp3) is 0. The second kappa shape index (κ2) is 10.3. The molecule has 4 aromatic carbocycles. The monoisotopic (exact) mass is 610 g/mol. The van der Waals surface area contributed by atoms with Crippen LogP contribution in [-0.4, -0.2) is 42.8 Å². The lowest BCUT2D eigenvalue weighted by Gasteiger charge is -2.16. The molecular formula is C24H18O11S4. The van der Waals surface area contributed by atoms with Crippen molar-refractivity contribution in [3.05, 3.63) is 97.1 Å². The fourth-order valence-electron chi connectivity index (χ4n) is 3.83. The molecule has 0 unspecified atom stereocenters. The van der Waals surface area contributed by atoms with Crippen molar-refractivity contribution in [2.45, 2.75) is 19.6 Å². The molecule has 0 aliphatic heterocycles. The molecule has 0 aliphatic rings. The maximum Gasteiger partial charge on any atom is 0.313 e. The molecule has 15 heteroatoms. The van der Waals surface area contributed by atoms with Gasteiger partial charge in [0.05, 0.1) is 0 Å². The maximum absolute atomic E-state index is 13.5. The van der Waals surface area contributed by atoms with E-state index in [-0.39, 0.29) is 22.3 Å². The summed E-state index contributed by atoms with van der Waals surface area (Å²) in [5.74, 6) is 0. The molecule has 4 aromatic rings. The van der Waals surface area contributed by atoms with Gasteiger partial charge in [-0.15, -0.1) is 3.63 Å². The summed E-state index contributed by atoms with van der Waals surface area (Å²) in [5, 5.41) is 0. The molecule has 0 aliphatic carbocycles. The normalized spacial score (nSPS) is 12.8. The molecule has 11 nitrogen and oxygen atoms in total. The lowest BCUT2D eigenvalue weighted by Crippen LogP contribution is -2.20. The zero-order chi connectivity index (χ0) is 28.6. The average molecular weight is 611 g/mol. The first-order chi connectivity index (χ1) is 18.1. The molecule has 2 N–H and O–H groups in total. The Morgan fingerprint density at radius 3 is 1.08 bits per heavy atom. The average Bonchev–Trinajstić information content (AvgIpc) is 2.87. The highest BCUT2D eigenvalue weighted by molar-refractivity contribution is 8.00. The summed E-state index contributed by atoms with van der Waals surface area (Å²) in [4.78, 5) is -4.75. The van der Waals surface area contributed by atoms with Gasteiger partial charge >= 0.3 is 20.2 Å². The third kappa shape index (κ3) is 5.94. The predicted molar refractivity (Wildman–Crippen MR) is 139 cm³/mol. The van der Waals surface area contributed by atoms with Crippen LogP contribution in [0.5, 0.6) is 0 Å². The first-order valence-corrected chi connectivity index (χ1v) is 16.4. The van der Waals surface area contributed by atoms with Gasteiger partial charge < -0.3 is 0 Å². The van der Waals surface area contributed by atoms with Gasteiger partial charge in [-0.3, -0.25) is 9.11 Å². The summed E-state index contributed by atoms with van der Waals surface area (Å²) in [6.45, 7) is 0. The van der Waals surface area contributed by atoms with Gasteiger partial charge in [-0.2, -0.15) is 33.7 Å². The van der Waals surface area contributed by atoms with Gasteiger partial charge in [0, 0.05) is 11.1 Å². The van der Waals surface area contributed by atoms with Crippen molar-refractivity contribution in [1.29, 1.82) is 0 Å². The number of hydrogen-bond acceptors (Lipinski definition) is 9. The quantitative estimate of drug-likeness (QED) is 0.278. The Kier molecular flexibility index (Phi) is 7.52. The van der Waals surface area contributed by atoms with E-state index in [2.05, 4.69) is 3.63 Å². The van der Waals surface area contributed by atoms with Crippen LogP contribution in [0.15, 0.2) is 117 Å². The third-order valence-corrected chi connectivity index (χ3v) is 10.7. The van der Waals surface area contributed by atoms with E-state index in [1.54, 1.807) is 12.1 Å². The Morgan fingerprint density at radius 2 is 0.769 bits per heavy atom. The van der Waals surface area contributed by atoms with Crippen LogP contribution in [0.2, 0.25) is 0 Å². The van der Waals surface area contributed by atoms with Crippen LogP contribution in [0.1, 0.15) is 0 Å². The van der Waals surface area contributed by atoms with Gasteiger partial charge in [0.2, 0.25) is 0 Å². The van der Waals surface area contributed by atoms with Gasteiger partial charge in [-0.1, -0.05) is 84.9 Å². The predicted octanol–water partition coefficient (Wildman–Crippen LogP) is 3.61. The SMILES string of the molecule is O=S(=O)(O)c1cccc(-c2ccccc2)c1S(=O)(=O)OS(=O)(=O)c1c(-c2ccccc2)cccc1S(=O)(=O)O. The molecule has 0 saturated heterocycles. The van der Waals surface area contributed by atoms with Crippen LogP contribution >= 0.6 is 0 Å². The molecule has 0 radical (unpaired) electrons. The van der Waals surface area contributed by atoms with E-state index in [9.17, 15) is 42.8 Å². The topological polar surface area (TPSA) is 186 Å². The molecular weight excluding hydrogens is 593 g/mol. The molecule has 204 valence electrons. The molecule has 4 rings (SSSR count). The summed E-state index contributed by atoms with van der Waals surface area (Å²) >= 11 is 0. The van der Waals surface area contributed by atoms with Crippen molar-refractivity contribution >= 4 is 40.5 Å². The summed E-state index contributed by atoms with van der Waals surface area (Å²) < 4.78 is 127. The van der Waals surface area contributed by atoms with Crippen LogP contribution in [-0.2, 0) is 44.1 Å². The Morgan fingerprint density at radius 1 is 0.436 bits per heavy atom. The molecule has 0 bridgehead atoms. The van der Waals surface area contributed by atoms with Gasteiger partial charge in [-0.05, 0) is 23.3 Å². The zero-order valence-corrected chi connectivity index (χ0v) is 22.7. The Bertz CT molecular complexity index is 1840. The largest absolute Gasteiger partial charge is 0.313 e. The van der Waals surface area contributed by atoms with Crippen molar-refractivity contribution in [3.8, 4) is 22.3 Å². The van der Waals surface area contributed by atoms with Crippen molar-refractivity contribution in [2.75, 3.05) is 0 Å². The minimum absolute atomic E-state index is 0.130. The molecule has 0 fully saturated rings. The fourth-order valence-corrected chi connectivity index (χ4v) is 9.29. The van der Waals surface area contributed by atoms with Crippen molar-refractivity contribution in [3.63, 3.8) is 0 Å². The number of hydrogen-bond donors (Lipinski definition) is 2. The van der Waals surface area contributed by atoms with Crippen LogP contribution in [0, 0.1) is 0 Å². The molecule has 0 heterocycles. The van der Waals surface area contributed by atoms with Gasteiger partial charge in [0.15, 0.2) is 0 Å². The van der Waals surface area contributed by atoms with Crippen LogP contribution in [0.25, 0.3) is 22.3 Å². The lowest BCUT2D eigenvalue weighted by molar-refractivity contribution is 0.450. The van der Waals surface area contributed by atoms with Crippen molar-refractivity contribution in [1.82, 2.24) is 0 Å². The smallest absolute Gasteiger partial charge is 0.282 e. The van der Waals surface area contributed by atoms with E-state index in [1.807, 2.05) is 0 Å². The molecule has 39 heavy (non-hydrogen) atoms. The first-order valence-electron chi connectivity index (χ1n) is 10.7. The van der Waals surface area contributed by atoms with E-state index in [1.165, 1.54) is 48.5 Å². The van der Waals surface area contributed by atoms with Crippen molar-refractivity contribution in [2.24, 2.45) is 0 Å². The Hall–Kier alpha value is -3.44. The maximum atomic E-state index is 13.5. The molecule has 0 spiro atoms. The number of rotatable bonds is 8. The molecule has 0 amide bonds. The van der Waals surface area contributed by atoms with Gasteiger partial charge in [-0.25, -0.2) is 0 Å². The second-order valence-corrected chi connectivity index (χ2v) is 13.9. The zero-order valence-electron chi connectivity index (χ0n) is 19.4. The van der Waals surface area contributed by atoms with E-state index >= 15 is 0 Å². The highest BCUT2D eigenvalue weighted by atomic mass is 32.3. The Labute approximate surface area is 225 Å². The lowest BCUT2D eigenvalue weighted by atomic mass is 10.1. The minimum atomic E-state index is -5.62. The van der Waals surface area contributed by atoms with Crippen LogP contribution in [0.3, 0.4) is 0 Å². The van der Waals surface area contributed by atoms with Gasteiger partial charge in [0.1, 0.15) is 19.6 Å². The summed E-state index contributed by atoms with van der Waals surface area (Å²) in [6, 6.07) is 20.8. The number of benzene rings is 4. The van der Waals surface area contributed by atoms with E-state index < -0.39 is 60.1 Å². The highest BCUT2D eigenvalue weighted by Gasteiger charge is 2.38. The third-order valence-electron chi connectivity index (χ3n) is 5.36. The summed E-state index contributed by atoms with van der Waals surface area (Å²) in [5.41, 5.74) is -0.392. The van der Waals surface area contributed by atoms with Crippen LogP contribution < -0.4 is 0 Å². The Balaban J connectivity index is 2.01. The molecule has 0 atom stereocenters. The van der Waals surface area contributed by atoms with Gasteiger partial charge in [0.25, 0.3) is 20.2 Å². The van der Waals surface area contributed by atoms with E-state index in [4.69, 9.17) is 0 Å². The highest BCUT2D eigenvalue weighted by Crippen LogP contribution is 2.38. The van der Waals surface area contributed by atoms with E-state index in [0.717, 1.165) is 36.4 Å².